The average Bonchev–Trinajstić information content (AvgIpc) is 3.11. The molecule has 2 heterocycles. The van der Waals surface area contributed by atoms with Crippen molar-refractivity contribution >= 4 is 29.4 Å². The first kappa shape index (κ1) is 14.6. The number of aromatic nitrogens is 2. The van der Waals surface area contributed by atoms with Gasteiger partial charge in [-0.05, 0) is 29.7 Å². The third kappa shape index (κ3) is 4.41. The Hall–Kier alpha value is -1.76. The molecule has 0 N–H and O–H groups in total. The number of rotatable bonds is 7. The molecule has 2 rings (SSSR count). The smallest absolute Gasteiger partial charge is 0.272 e. The van der Waals surface area contributed by atoms with Gasteiger partial charge in [0.2, 0.25) is 0 Å². The molecule has 20 heavy (non-hydrogen) atoms. The van der Waals surface area contributed by atoms with Crippen LogP contribution in [-0.2, 0) is 9.47 Å². The molecule has 0 bridgehead atoms. The van der Waals surface area contributed by atoms with Crippen LogP contribution in [0.3, 0.4) is 0 Å². The molecular formula is C14H16N2O3S. The van der Waals surface area contributed by atoms with E-state index in [-0.39, 0.29) is 12.5 Å². The molecule has 0 atom stereocenters. The number of hydrogen-bond donors (Lipinski definition) is 0. The Morgan fingerprint density at radius 3 is 3.05 bits per heavy atom. The van der Waals surface area contributed by atoms with E-state index in [1.165, 1.54) is 4.68 Å². The van der Waals surface area contributed by atoms with E-state index in [0.717, 1.165) is 10.6 Å². The molecule has 0 spiro atoms. The maximum Gasteiger partial charge on any atom is 0.272 e. The Morgan fingerprint density at radius 2 is 2.30 bits per heavy atom. The van der Waals surface area contributed by atoms with Gasteiger partial charge >= 0.3 is 0 Å². The van der Waals surface area contributed by atoms with Crippen molar-refractivity contribution in [3.8, 4) is 0 Å². The molecule has 0 aliphatic heterocycles. The molecule has 0 saturated carbocycles. The predicted molar refractivity (Wildman–Crippen MR) is 78.8 cm³/mol. The van der Waals surface area contributed by atoms with Gasteiger partial charge in [-0.25, -0.2) is 4.68 Å². The molecule has 0 saturated heterocycles. The van der Waals surface area contributed by atoms with E-state index < -0.39 is 0 Å². The summed E-state index contributed by atoms with van der Waals surface area (Å²) in [6, 6.07) is 5.80. The van der Waals surface area contributed by atoms with Crippen molar-refractivity contribution in [3.05, 3.63) is 40.3 Å². The molecule has 106 valence electrons. The second-order valence-electron chi connectivity index (χ2n) is 3.97. The standard InChI is InChI=1S/C14H16N2O3S/c1-18-8-9-19-11-14(17)16-7-6-12(15-16)4-5-13-3-2-10-20-13/h2-7,10H,8-9,11H2,1H3. The Balaban J connectivity index is 1.86. The van der Waals surface area contributed by atoms with Crippen LogP contribution in [0.5, 0.6) is 0 Å². The van der Waals surface area contributed by atoms with Crippen LogP contribution in [0.1, 0.15) is 15.4 Å². The summed E-state index contributed by atoms with van der Waals surface area (Å²) in [5.74, 6) is -0.197. The molecule has 0 unspecified atom stereocenters. The van der Waals surface area contributed by atoms with Crippen molar-refractivity contribution in [3.63, 3.8) is 0 Å². The monoisotopic (exact) mass is 292 g/mol. The molecule has 0 amide bonds. The van der Waals surface area contributed by atoms with Crippen LogP contribution in [0.25, 0.3) is 12.2 Å². The minimum Gasteiger partial charge on any atom is -0.382 e. The summed E-state index contributed by atoms with van der Waals surface area (Å²) in [6.07, 6.45) is 5.48. The number of nitrogens with zero attached hydrogens (tertiary/aromatic N) is 2. The molecule has 5 nitrogen and oxygen atoms in total. The van der Waals surface area contributed by atoms with Crippen LogP contribution in [0, 0.1) is 0 Å². The maximum absolute atomic E-state index is 11.8. The van der Waals surface area contributed by atoms with Gasteiger partial charge in [-0.1, -0.05) is 6.07 Å². The van der Waals surface area contributed by atoms with Gasteiger partial charge in [-0.3, -0.25) is 4.79 Å². The molecule has 2 aromatic rings. The van der Waals surface area contributed by atoms with Crippen LogP contribution >= 0.6 is 11.3 Å². The average molecular weight is 292 g/mol. The number of thiophene rings is 1. The summed E-state index contributed by atoms with van der Waals surface area (Å²) in [6.45, 7) is 0.870. The highest BCUT2D eigenvalue weighted by atomic mass is 32.1. The van der Waals surface area contributed by atoms with Crippen LogP contribution < -0.4 is 0 Å². The fourth-order valence-corrected chi connectivity index (χ4v) is 2.11. The van der Waals surface area contributed by atoms with Crippen LogP contribution in [0.2, 0.25) is 0 Å². The minimum atomic E-state index is -0.197. The minimum absolute atomic E-state index is 0.000874. The molecule has 6 heteroatoms. The molecular weight excluding hydrogens is 276 g/mol. The van der Waals surface area contributed by atoms with Gasteiger partial charge in [-0.15, -0.1) is 11.3 Å². The number of carbonyl (C=O) groups excluding carboxylic acids is 1. The van der Waals surface area contributed by atoms with Gasteiger partial charge in [0, 0.05) is 18.2 Å². The largest absolute Gasteiger partial charge is 0.382 e. The summed E-state index contributed by atoms with van der Waals surface area (Å²) < 4.78 is 11.3. The third-order valence-corrected chi connectivity index (χ3v) is 3.32. The Morgan fingerprint density at radius 1 is 1.40 bits per heavy atom. The molecule has 0 aliphatic carbocycles. The first-order chi connectivity index (χ1) is 9.79. The summed E-state index contributed by atoms with van der Waals surface area (Å²) in [5, 5.41) is 6.20. The van der Waals surface area contributed by atoms with E-state index >= 15 is 0 Å². The lowest BCUT2D eigenvalue weighted by Crippen LogP contribution is -2.19. The molecule has 0 aromatic carbocycles. The van der Waals surface area contributed by atoms with E-state index in [1.807, 2.05) is 29.7 Å². The van der Waals surface area contributed by atoms with Crippen molar-refractivity contribution in [1.29, 1.82) is 0 Å². The molecule has 0 fully saturated rings. The lowest BCUT2D eigenvalue weighted by molar-refractivity contribution is 0.0503. The van der Waals surface area contributed by atoms with Crippen molar-refractivity contribution in [2.75, 3.05) is 26.9 Å². The SMILES string of the molecule is COCCOCC(=O)n1ccc(C=Cc2cccs2)n1. The number of methoxy groups -OCH3 is 1. The highest BCUT2D eigenvalue weighted by molar-refractivity contribution is 7.10. The Kier molecular flexibility index (Phi) is 5.67. The topological polar surface area (TPSA) is 53.4 Å². The fraction of sp³-hybridized carbons (Fsp3) is 0.286. The fourth-order valence-electron chi connectivity index (χ4n) is 1.49. The Bertz CT molecular complexity index is 561. The first-order valence-corrected chi connectivity index (χ1v) is 7.04. The maximum atomic E-state index is 11.8. The normalized spacial score (nSPS) is 11.2. The quantitative estimate of drug-likeness (QED) is 0.735. The zero-order valence-corrected chi connectivity index (χ0v) is 12.0. The third-order valence-electron chi connectivity index (χ3n) is 2.48. The number of ether oxygens (including phenoxy) is 2. The van der Waals surface area contributed by atoms with E-state index in [9.17, 15) is 4.79 Å². The second-order valence-corrected chi connectivity index (χ2v) is 4.95. The summed E-state index contributed by atoms with van der Waals surface area (Å²) in [7, 11) is 1.59. The summed E-state index contributed by atoms with van der Waals surface area (Å²) in [4.78, 5) is 12.9. The van der Waals surface area contributed by atoms with Gasteiger partial charge in [0.05, 0.1) is 18.9 Å². The molecule has 0 radical (unpaired) electrons. The van der Waals surface area contributed by atoms with Crippen molar-refractivity contribution in [2.24, 2.45) is 0 Å². The highest BCUT2D eigenvalue weighted by Gasteiger charge is 2.06. The number of carbonyl (C=O) groups is 1. The van der Waals surface area contributed by atoms with Gasteiger partial charge in [0.1, 0.15) is 6.61 Å². The summed E-state index contributed by atoms with van der Waals surface area (Å²) >= 11 is 1.65. The van der Waals surface area contributed by atoms with Gasteiger partial charge in [0.15, 0.2) is 0 Å². The zero-order chi connectivity index (χ0) is 14.2. The zero-order valence-electron chi connectivity index (χ0n) is 11.2. The number of hydrogen-bond acceptors (Lipinski definition) is 5. The lowest BCUT2D eigenvalue weighted by atomic mass is 10.3. The van der Waals surface area contributed by atoms with Gasteiger partial charge in [0.25, 0.3) is 5.91 Å². The van der Waals surface area contributed by atoms with Crippen molar-refractivity contribution < 1.29 is 14.3 Å². The van der Waals surface area contributed by atoms with Crippen LogP contribution in [0.4, 0.5) is 0 Å². The van der Waals surface area contributed by atoms with E-state index in [1.54, 1.807) is 30.7 Å². The van der Waals surface area contributed by atoms with E-state index in [2.05, 4.69) is 5.10 Å². The van der Waals surface area contributed by atoms with Crippen LogP contribution in [-0.4, -0.2) is 42.6 Å². The van der Waals surface area contributed by atoms with Crippen molar-refractivity contribution in [1.82, 2.24) is 9.78 Å². The Labute approximate surface area is 121 Å². The molecule has 0 aliphatic rings. The van der Waals surface area contributed by atoms with Gasteiger partial charge < -0.3 is 9.47 Å². The van der Waals surface area contributed by atoms with Crippen molar-refractivity contribution in [2.45, 2.75) is 0 Å². The van der Waals surface area contributed by atoms with E-state index in [0.29, 0.717) is 13.2 Å². The van der Waals surface area contributed by atoms with Gasteiger partial charge in [-0.2, -0.15) is 5.10 Å². The molecule has 2 aromatic heterocycles. The second kappa shape index (κ2) is 7.74. The highest BCUT2D eigenvalue weighted by Crippen LogP contribution is 2.12. The summed E-state index contributed by atoms with van der Waals surface area (Å²) in [5.41, 5.74) is 0.739. The van der Waals surface area contributed by atoms with Crippen LogP contribution in [0.15, 0.2) is 29.8 Å². The predicted octanol–water partition coefficient (Wildman–Crippen LogP) is 2.42. The lowest BCUT2D eigenvalue weighted by Gasteiger charge is -2.02. The first-order valence-electron chi connectivity index (χ1n) is 6.17. The van der Waals surface area contributed by atoms with E-state index in [4.69, 9.17) is 9.47 Å².